The number of hydrogen-bond acceptors (Lipinski definition) is 5. The van der Waals surface area contributed by atoms with Gasteiger partial charge >= 0.3 is 0 Å². The molecule has 0 aromatic heterocycles. The van der Waals surface area contributed by atoms with Gasteiger partial charge < -0.3 is 16.2 Å². The molecule has 0 radical (unpaired) electrons. The molecular weight excluding hydrogens is 462 g/mol. The number of nitrogens with zero attached hydrogens (tertiary/aromatic N) is 2. The lowest BCUT2D eigenvalue weighted by molar-refractivity contribution is 0.0934. The van der Waals surface area contributed by atoms with Gasteiger partial charge in [-0.1, -0.05) is 60.7 Å². The van der Waals surface area contributed by atoms with Crippen LogP contribution in [-0.2, 0) is 21.4 Å². The smallest absolute Gasteiger partial charge is 0.241 e. The van der Waals surface area contributed by atoms with E-state index >= 15 is 0 Å². The van der Waals surface area contributed by atoms with Crippen LogP contribution in [0.25, 0.3) is 10.8 Å². The molecule has 4 rings (SSSR count). The number of nitrogens with one attached hydrogen (secondary N) is 1. The summed E-state index contributed by atoms with van der Waals surface area (Å²) < 4.78 is 36.1. The Morgan fingerprint density at radius 2 is 1.80 bits per heavy atom. The molecule has 5 N–H and O–H groups in total. The quantitative estimate of drug-likeness (QED) is 0.293. The molecule has 3 aromatic carbocycles. The van der Waals surface area contributed by atoms with E-state index in [2.05, 4.69) is 9.82 Å². The molecule has 3 aromatic rings. The first-order chi connectivity index (χ1) is 16.8. The zero-order valence-electron chi connectivity index (χ0n) is 19.9. The maximum Gasteiger partial charge on any atom is 0.241 e. The summed E-state index contributed by atoms with van der Waals surface area (Å²) in [6.45, 7) is 3.33. The first-order valence-corrected chi connectivity index (χ1v) is 13.3. The molecular formula is C26H33N5O3S. The highest BCUT2D eigenvalue weighted by molar-refractivity contribution is 7.89. The number of sulfonamides is 1. The van der Waals surface area contributed by atoms with Crippen molar-refractivity contribution in [1.82, 2.24) is 9.73 Å². The van der Waals surface area contributed by atoms with Gasteiger partial charge in [-0.3, -0.25) is 5.01 Å². The maximum absolute atomic E-state index is 13.6. The van der Waals surface area contributed by atoms with Crippen molar-refractivity contribution in [1.29, 1.82) is 0 Å². The summed E-state index contributed by atoms with van der Waals surface area (Å²) in [4.78, 5) is 0.263. The van der Waals surface area contributed by atoms with Crippen molar-refractivity contribution >= 4 is 26.8 Å². The van der Waals surface area contributed by atoms with E-state index in [0.717, 1.165) is 35.9 Å². The van der Waals surface area contributed by atoms with Crippen molar-refractivity contribution in [2.24, 2.45) is 16.6 Å². The summed E-state index contributed by atoms with van der Waals surface area (Å²) in [5.41, 5.74) is 13.3. The van der Waals surface area contributed by atoms with Gasteiger partial charge in [0.15, 0.2) is 0 Å². The summed E-state index contributed by atoms with van der Waals surface area (Å²) in [7, 11) is -3.81. The predicted molar refractivity (Wildman–Crippen MR) is 139 cm³/mol. The Kier molecular flexibility index (Phi) is 7.90. The van der Waals surface area contributed by atoms with Crippen LogP contribution in [-0.4, -0.2) is 44.6 Å². The minimum atomic E-state index is -3.81. The molecule has 35 heavy (non-hydrogen) atoms. The Labute approximate surface area is 207 Å². The average Bonchev–Trinajstić information content (AvgIpc) is 3.25. The molecule has 1 aliphatic rings. The van der Waals surface area contributed by atoms with E-state index in [0.29, 0.717) is 18.4 Å². The van der Waals surface area contributed by atoms with E-state index in [9.17, 15) is 8.42 Å². The third-order valence-corrected chi connectivity index (χ3v) is 7.87. The molecule has 1 aliphatic heterocycles. The van der Waals surface area contributed by atoms with Gasteiger partial charge in [0, 0.05) is 24.0 Å². The van der Waals surface area contributed by atoms with Gasteiger partial charge in [-0.25, -0.2) is 13.1 Å². The lowest BCUT2D eigenvalue weighted by atomic mass is 10.1. The van der Waals surface area contributed by atoms with E-state index in [4.69, 9.17) is 16.2 Å². The number of guanidine groups is 1. The van der Waals surface area contributed by atoms with Crippen LogP contribution >= 0.6 is 0 Å². The molecule has 9 heteroatoms. The molecule has 1 saturated heterocycles. The Hall–Kier alpha value is -3.14. The Balaban J connectivity index is 1.56. The average molecular weight is 496 g/mol. The molecule has 186 valence electrons. The zero-order valence-corrected chi connectivity index (χ0v) is 20.7. The zero-order chi connectivity index (χ0) is 24.8. The third-order valence-electron chi connectivity index (χ3n) is 6.29. The molecule has 1 fully saturated rings. The molecule has 1 heterocycles. The fourth-order valence-electron chi connectivity index (χ4n) is 4.65. The number of fused-ring (bicyclic) bond motifs is 1. The van der Waals surface area contributed by atoms with Crippen molar-refractivity contribution in [2.45, 2.75) is 49.8 Å². The highest BCUT2D eigenvalue weighted by Crippen LogP contribution is 2.27. The predicted octanol–water partition coefficient (Wildman–Crippen LogP) is 3.05. The number of benzene rings is 3. The molecule has 8 nitrogen and oxygen atoms in total. The summed E-state index contributed by atoms with van der Waals surface area (Å²) in [5, 5.41) is 7.71. The summed E-state index contributed by atoms with van der Waals surface area (Å²) in [6.07, 6.45) is 2.34. The molecule has 2 unspecified atom stereocenters. The molecule has 0 bridgehead atoms. The van der Waals surface area contributed by atoms with Crippen LogP contribution in [0.5, 0.6) is 0 Å². The molecule has 0 aliphatic carbocycles. The van der Waals surface area contributed by atoms with Crippen molar-refractivity contribution in [2.75, 3.05) is 13.2 Å². The number of aryl methyl sites for hydroxylation is 1. The summed E-state index contributed by atoms with van der Waals surface area (Å²) in [5.74, 6) is 0.000448. The van der Waals surface area contributed by atoms with Crippen molar-refractivity contribution in [3.8, 4) is 0 Å². The fraction of sp³-hybridized carbons (Fsp3) is 0.346. The molecule has 0 spiro atoms. The van der Waals surface area contributed by atoms with Crippen LogP contribution in [0.1, 0.15) is 30.4 Å². The standard InChI is InChI=1S/C26H33N5O3S/c1-19-13-14-25(24-12-6-5-11-23(19)24)35(32,33)30-21(18-34-17-20-8-3-2-4-9-20)16-22-10-7-15-31(22)29-26(27)28/h2-6,8-9,11-14,21-22,30H,7,10,15-18H2,1H3,(H4,27,28,29). The second kappa shape index (κ2) is 11.1. The SMILES string of the molecule is Cc1ccc(S(=O)(=O)NC(COCc2ccccc2)CC2CCCN2N=C(N)N)c2ccccc12. The minimum absolute atomic E-state index is 0.000448. The minimum Gasteiger partial charge on any atom is -0.375 e. The van der Waals surface area contributed by atoms with Crippen molar-refractivity contribution in [3.05, 3.63) is 77.9 Å². The Morgan fingerprint density at radius 3 is 2.54 bits per heavy atom. The van der Waals surface area contributed by atoms with Gasteiger partial charge in [-0.2, -0.15) is 0 Å². The fourth-order valence-corrected chi connectivity index (χ4v) is 6.10. The van der Waals surface area contributed by atoms with E-state index in [1.165, 1.54) is 0 Å². The van der Waals surface area contributed by atoms with E-state index in [-0.39, 0.29) is 23.5 Å². The first-order valence-electron chi connectivity index (χ1n) is 11.8. The Bertz CT molecular complexity index is 1280. The van der Waals surface area contributed by atoms with Gasteiger partial charge in [-0.15, -0.1) is 5.10 Å². The van der Waals surface area contributed by atoms with Crippen molar-refractivity contribution in [3.63, 3.8) is 0 Å². The molecule has 0 saturated carbocycles. The van der Waals surface area contributed by atoms with Crippen LogP contribution in [0.4, 0.5) is 0 Å². The Morgan fingerprint density at radius 1 is 1.09 bits per heavy atom. The topological polar surface area (TPSA) is 123 Å². The molecule has 0 amide bonds. The van der Waals surface area contributed by atoms with Crippen LogP contribution in [0, 0.1) is 6.92 Å². The lowest BCUT2D eigenvalue weighted by Crippen LogP contribution is -2.43. The monoisotopic (exact) mass is 495 g/mol. The lowest BCUT2D eigenvalue weighted by Gasteiger charge is -2.27. The van der Waals surface area contributed by atoms with Gasteiger partial charge in [-0.05, 0) is 48.8 Å². The summed E-state index contributed by atoms with van der Waals surface area (Å²) in [6, 6.07) is 20.4. The largest absolute Gasteiger partial charge is 0.375 e. The van der Waals surface area contributed by atoms with Crippen LogP contribution in [0.15, 0.2) is 76.7 Å². The molecule has 2 atom stereocenters. The normalized spacial score (nSPS) is 16.9. The third kappa shape index (κ3) is 6.30. The first kappa shape index (κ1) is 25.0. The highest BCUT2D eigenvalue weighted by atomic mass is 32.2. The van der Waals surface area contributed by atoms with Crippen LogP contribution < -0.4 is 16.2 Å². The number of hydrazone groups is 1. The number of rotatable bonds is 10. The van der Waals surface area contributed by atoms with Crippen molar-refractivity contribution < 1.29 is 13.2 Å². The van der Waals surface area contributed by atoms with Gasteiger partial charge in [0.2, 0.25) is 16.0 Å². The van der Waals surface area contributed by atoms with E-state index in [1.54, 1.807) is 6.07 Å². The summed E-state index contributed by atoms with van der Waals surface area (Å²) >= 11 is 0. The number of ether oxygens (including phenoxy) is 1. The van der Waals surface area contributed by atoms with E-state index in [1.807, 2.05) is 72.6 Å². The van der Waals surface area contributed by atoms with Crippen LogP contribution in [0.2, 0.25) is 0 Å². The van der Waals surface area contributed by atoms with Gasteiger partial charge in [0.05, 0.1) is 18.1 Å². The second-order valence-corrected chi connectivity index (χ2v) is 10.6. The van der Waals surface area contributed by atoms with Crippen LogP contribution in [0.3, 0.4) is 0 Å². The number of nitrogens with two attached hydrogens (primary N) is 2. The van der Waals surface area contributed by atoms with E-state index < -0.39 is 16.1 Å². The number of hydrogen-bond donors (Lipinski definition) is 3. The maximum atomic E-state index is 13.6. The highest BCUT2D eigenvalue weighted by Gasteiger charge is 2.30. The second-order valence-electron chi connectivity index (χ2n) is 8.96. The van der Waals surface area contributed by atoms with Gasteiger partial charge in [0.1, 0.15) is 0 Å². The van der Waals surface area contributed by atoms with Gasteiger partial charge in [0.25, 0.3) is 0 Å².